The number of nitrogens with zero attached hydrogens (tertiary/aromatic N) is 5. The SMILES string of the molecule is Cn1cnc(C(=O)N=S(C)(=O)c2ccc(-c3noc(C(F)(F)F)n3)cc2)c1. The van der Waals surface area contributed by atoms with Crippen molar-refractivity contribution in [1.82, 2.24) is 19.7 Å². The Morgan fingerprint density at radius 1 is 1.26 bits per heavy atom. The Bertz CT molecular complexity index is 1110. The van der Waals surface area contributed by atoms with Gasteiger partial charge in [0.1, 0.15) is 5.69 Å². The van der Waals surface area contributed by atoms with E-state index in [0.717, 1.165) is 0 Å². The topological polar surface area (TPSA) is 103 Å². The van der Waals surface area contributed by atoms with Crippen LogP contribution in [0.2, 0.25) is 0 Å². The van der Waals surface area contributed by atoms with Crippen molar-refractivity contribution >= 4 is 15.6 Å². The van der Waals surface area contributed by atoms with E-state index in [-0.39, 0.29) is 22.0 Å². The highest BCUT2D eigenvalue weighted by molar-refractivity contribution is 7.93. The van der Waals surface area contributed by atoms with Gasteiger partial charge in [0, 0.05) is 30.0 Å². The Kier molecular flexibility index (Phi) is 4.59. The van der Waals surface area contributed by atoms with Gasteiger partial charge in [-0.25, -0.2) is 9.19 Å². The lowest BCUT2D eigenvalue weighted by atomic mass is 10.2. The fraction of sp³-hybridized carbons (Fsp3) is 0.200. The average Bonchev–Trinajstić information content (AvgIpc) is 3.23. The van der Waals surface area contributed by atoms with E-state index in [1.165, 1.54) is 43.0 Å². The Morgan fingerprint density at radius 2 is 1.93 bits per heavy atom. The predicted octanol–water partition coefficient (Wildman–Crippen LogP) is 2.79. The fourth-order valence-corrected chi connectivity index (χ4v) is 3.25. The van der Waals surface area contributed by atoms with Crippen LogP contribution in [0.5, 0.6) is 0 Å². The highest BCUT2D eigenvalue weighted by Crippen LogP contribution is 2.29. The molecule has 142 valence electrons. The quantitative estimate of drug-likeness (QED) is 0.671. The van der Waals surface area contributed by atoms with Gasteiger partial charge in [-0.2, -0.15) is 22.5 Å². The Balaban J connectivity index is 1.88. The van der Waals surface area contributed by atoms with Gasteiger partial charge in [-0.1, -0.05) is 5.16 Å². The van der Waals surface area contributed by atoms with Crippen molar-refractivity contribution in [2.45, 2.75) is 11.1 Å². The number of hydrogen-bond acceptors (Lipinski definition) is 6. The van der Waals surface area contributed by atoms with Gasteiger partial charge >= 0.3 is 18.0 Å². The van der Waals surface area contributed by atoms with Crippen molar-refractivity contribution in [2.75, 3.05) is 6.26 Å². The molecular formula is C15H12F3N5O3S. The molecule has 0 saturated carbocycles. The minimum atomic E-state index is -4.74. The number of aryl methyl sites for hydroxylation is 1. The third kappa shape index (κ3) is 4.05. The first-order valence-electron chi connectivity index (χ1n) is 7.32. The van der Waals surface area contributed by atoms with Gasteiger partial charge in [-0.3, -0.25) is 4.79 Å². The summed E-state index contributed by atoms with van der Waals surface area (Å²) in [5, 5.41) is 3.27. The molecule has 2 heterocycles. The maximum Gasteiger partial charge on any atom is 0.471 e. The summed E-state index contributed by atoms with van der Waals surface area (Å²) in [6.07, 6.45) is -0.610. The van der Waals surface area contributed by atoms with Gasteiger partial charge in [-0.15, -0.1) is 0 Å². The van der Waals surface area contributed by atoms with Crippen molar-refractivity contribution in [1.29, 1.82) is 0 Å². The monoisotopic (exact) mass is 399 g/mol. The smallest absolute Gasteiger partial charge is 0.340 e. The van der Waals surface area contributed by atoms with E-state index < -0.39 is 27.7 Å². The number of hydrogen-bond donors (Lipinski definition) is 0. The van der Waals surface area contributed by atoms with Gasteiger partial charge in [-0.05, 0) is 24.3 Å². The number of carbonyl (C=O) groups is 1. The number of halogens is 3. The van der Waals surface area contributed by atoms with Crippen LogP contribution in [0.3, 0.4) is 0 Å². The Labute approximate surface area is 151 Å². The van der Waals surface area contributed by atoms with Crippen LogP contribution in [-0.4, -0.2) is 36.1 Å². The van der Waals surface area contributed by atoms with E-state index in [2.05, 4.69) is 24.0 Å². The molecule has 3 rings (SSSR count). The van der Waals surface area contributed by atoms with Crippen molar-refractivity contribution in [3.63, 3.8) is 0 Å². The van der Waals surface area contributed by atoms with Gasteiger partial charge in [0.25, 0.3) is 0 Å². The van der Waals surface area contributed by atoms with Gasteiger partial charge in [0.15, 0.2) is 0 Å². The maximum absolute atomic E-state index is 12.7. The zero-order valence-corrected chi connectivity index (χ0v) is 14.8. The van der Waals surface area contributed by atoms with Gasteiger partial charge < -0.3 is 9.09 Å². The molecule has 1 aromatic carbocycles. The van der Waals surface area contributed by atoms with Crippen LogP contribution < -0.4 is 0 Å². The summed E-state index contributed by atoms with van der Waals surface area (Å²) in [7, 11) is -1.41. The van der Waals surface area contributed by atoms with E-state index in [9.17, 15) is 22.2 Å². The van der Waals surface area contributed by atoms with E-state index >= 15 is 0 Å². The van der Waals surface area contributed by atoms with Crippen molar-refractivity contribution in [3.8, 4) is 11.4 Å². The minimum Gasteiger partial charge on any atom is -0.340 e. The molecule has 1 atom stereocenters. The summed E-state index contributed by atoms with van der Waals surface area (Å²) >= 11 is 0. The summed E-state index contributed by atoms with van der Waals surface area (Å²) in [6, 6.07) is 5.47. The van der Waals surface area contributed by atoms with Crippen LogP contribution in [-0.2, 0) is 23.0 Å². The third-order valence-corrected chi connectivity index (χ3v) is 5.06. The average molecular weight is 399 g/mol. The molecule has 0 aliphatic carbocycles. The largest absolute Gasteiger partial charge is 0.471 e. The predicted molar refractivity (Wildman–Crippen MR) is 87.0 cm³/mol. The molecule has 0 aliphatic rings. The highest BCUT2D eigenvalue weighted by atomic mass is 32.2. The van der Waals surface area contributed by atoms with Gasteiger partial charge in [0.05, 0.1) is 16.1 Å². The maximum atomic E-state index is 12.7. The van der Waals surface area contributed by atoms with Crippen LogP contribution >= 0.6 is 0 Å². The summed E-state index contributed by atoms with van der Waals surface area (Å²) < 4.78 is 59.7. The van der Waals surface area contributed by atoms with E-state index in [1.54, 1.807) is 11.6 Å². The number of amides is 1. The molecule has 0 bridgehead atoms. The first-order valence-corrected chi connectivity index (χ1v) is 9.24. The molecule has 0 aliphatic heterocycles. The second kappa shape index (κ2) is 6.61. The van der Waals surface area contributed by atoms with Crippen LogP contribution in [0.4, 0.5) is 13.2 Å². The number of benzene rings is 1. The molecule has 27 heavy (non-hydrogen) atoms. The molecule has 0 radical (unpaired) electrons. The molecule has 2 aromatic heterocycles. The zero-order valence-electron chi connectivity index (χ0n) is 14.0. The van der Waals surface area contributed by atoms with Gasteiger partial charge in [0.2, 0.25) is 5.82 Å². The van der Waals surface area contributed by atoms with Crippen molar-refractivity contribution in [2.24, 2.45) is 11.4 Å². The molecule has 0 N–H and O–H groups in total. The second-order valence-electron chi connectivity index (χ2n) is 5.57. The lowest BCUT2D eigenvalue weighted by molar-refractivity contribution is -0.159. The van der Waals surface area contributed by atoms with E-state index in [1.807, 2.05) is 0 Å². The number of aromatic nitrogens is 4. The Hall–Kier alpha value is -3.02. The fourth-order valence-electron chi connectivity index (χ4n) is 2.09. The normalized spacial score (nSPS) is 14.0. The summed E-state index contributed by atoms with van der Waals surface area (Å²) in [6.45, 7) is 0. The van der Waals surface area contributed by atoms with Crippen LogP contribution in [0.25, 0.3) is 11.4 Å². The zero-order chi connectivity index (χ0) is 19.8. The summed E-state index contributed by atoms with van der Waals surface area (Å²) in [4.78, 5) is 19.4. The molecule has 0 spiro atoms. The standard InChI is InChI=1S/C15H12F3N5O3S/c1-23-7-11(19-8-23)13(24)22-27(2,25)10-5-3-9(4-6-10)12-20-14(26-21-12)15(16,17)18/h3-8H,1-2H3. The number of imidazole rings is 1. The molecule has 1 amide bonds. The Morgan fingerprint density at radius 3 is 2.44 bits per heavy atom. The molecule has 3 aromatic rings. The first kappa shape index (κ1) is 18.8. The van der Waals surface area contributed by atoms with Crippen molar-refractivity contribution < 1.29 is 26.7 Å². The molecule has 1 unspecified atom stereocenters. The second-order valence-corrected chi connectivity index (χ2v) is 7.83. The molecular weight excluding hydrogens is 387 g/mol. The lowest BCUT2D eigenvalue weighted by Crippen LogP contribution is -2.05. The molecule has 0 saturated heterocycles. The number of carbonyl (C=O) groups excluding carboxylic acids is 1. The lowest BCUT2D eigenvalue weighted by Gasteiger charge is -2.04. The number of rotatable bonds is 3. The third-order valence-electron chi connectivity index (χ3n) is 3.40. The highest BCUT2D eigenvalue weighted by Gasteiger charge is 2.38. The molecule has 8 nitrogen and oxygen atoms in total. The minimum absolute atomic E-state index is 0.0511. The van der Waals surface area contributed by atoms with E-state index in [0.29, 0.717) is 0 Å². The molecule has 0 fully saturated rings. The molecule has 12 heteroatoms. The first-order chi connectivity index (χ1) is 12.6. The van der Waals surface area contributed by atoms with Crippen LogP contribution in [0.1, 0.15) is 16.4 Å². The number of alkyl halides is 3. The summed E-state index contributed by atoms with van der Waals surface area (Å²) in [5.74, 6) is -2.46. The van der Waals surface area contributed by atoms with Crippen LogP contribution in [0.15, 0.2) is 50.6 Å². The van der Waals surface area contributed by atoms with E-state index in [4.69, 9.17) is 0 Å². The summed E-state index contributed by atoms with van der Waals surface area (Å²) in [5.41, 5.74) is 0.277. The van der Waals surface area contributed by atoms with Crippen LogP contribution in [0, 0.1) is 0 Å². The van der Waals surface area contributed by atoms with Crippen molar-refractivity contribution in [3.05, 3.63) is 48.4 Å².